The molecule has 0 aromatic heterocycles. The quantitative estimate of drug-likeness (QED) is 0.0260. The van der Waals surface area contributed by atoms with Crippen LogP contribution in [0.4, 0.5) is 0 Å². The first-order valence-corrected chi connectivity index (χ1v) is 26.4. The molecule has 10 amide bonds. The van der Waals surface area contributed by atoms with E-state index in [1.54, 1.807) is 13.8 Å². The highest BCUT2D eigenvalue weighted by atomic mass is 16.4. The second kappa shape index (κ2) is 34.8. The van der Waals surface area contributed by atoms with Gasteiger partial charge < -0.3 is 94.9 Å². The van der Waals surface area contributed by atoms with Crippen LogP contribution in [0.5, 0.6) is 0 Å². The summed E-state index contributed by atoms with van der Waals surface area (Å²) in [5.41, 5.74) is 11.5. The van der Waals surface area contributed by atoms with E-state index in [1.165, 1.54) is 34.6 Å². The van der Waals surface area contributed by atoms with E-state index < -0.39 is 194 Å². The summed E-state index contributed by atoms with van der Waals surface area (Å²) in [4.78, 5) is 171. The van der Waals surface area contributed by atoms with E-state index in [0.29, 0.717) is 12.8 Å². The summed E-state index contributed by atoms with van der Waals surface area (Å²) in [5, 5.41) is 80.0. The number of carboxylic acid groups (broad SMARTS) is 3. The summed E-state index contributed by atoms with van der Waals surface area (Å²) in [7, 11) is 0. The predicted octanol–water partition coefficient (Wildman–Crippen LogP) is -5.89. The summed E-state index contributed by atoms with van der Waals surface area (Å²) in [6.45, 7) is 10.5. The molecule has 0 spiro atoms. The largest absolute Gasteiger partial charge is 0.481 e. The van der Waals surface area contributed by atoms with Crippen molar-refractivity contribution < 1.29 is 93.0 Å². The molecule has 13 atom stereocenters. The molecule has 0 aromatic rings. The monoisotopic (exact) mass is 1140 g/mol. The van der Waals surface area contributed by atoms with Gasteiger partial charge in [0.2, 0.25) is 59.1 Å². The maximum Gasteiger partial charge on any atom is 0.326 e. The minimum absolute atomic E-state index is 0.0764. The molecule has 1 rings (SSSR count). The third-order valence-corrected chi connectivity index (χ3v) is 12.7. The lowest BCUT2D eigenvalue weighted by Gasteiger charge is -2.29. The van der Waals surface area contributed by atoms with E-state index in [4.69, 9.17) is 11.5 Å². The van der Waals surface area contributed by atoms with Crippen molar-refractivity contribution in [2.75, 3.05) is 19.7 Å². The fraction of sp³-hybridized carbons (Fsp3) is 0.735. The number of aliphatic carboxylic acids is 3. The van der Waals surface area contributed by atoms with Crippen molar-refractivity contribution in [1.29, 1.82) is 0 Å². The van der Waals surface area contributed by atoms with E-state index in [-0.39, 0.29) is 44.7 Å². The first kappa shape index (κ1) is 70.9. The fourth-order valence-corrected chi connectivity index (χ4v) is 8.01. The molecule has 31 nitrogen and oxygen atoms in total. The van der Waals surface area contributed by atoms with E-state index in [2.05, 4.69) is 47.9 Å². The summed E-state index contributed by atoms with van der Waals surface area (Å²) >= 11 is 0. The molecule has 1 aliphatic rings. The molecule has 0 radical (unpaired) electrons. The predicted molar refractivity (Wildman–Crippen MR) is 280 cm³/mol. The average Bonchev–Trinajstić information content (AvgIpc) is 3.87. The molecule has 19 N–H and O–H groups in total. The Morgan fingerprint density at radius 2 is 0.963 bits per heavy atom. The molecule has 0 saturated carbocycles. The first-order valence-electron chi connectivity index (χ1n) is 26.4. The Balaban J connectivity index is 3.26. The van der Waals surface area contributed by atoms with Gasteiger partial charge in [-0.1, -0.05) is 27.7 Å². The lowest BCUT2D eigenvalue weighted by Crippen LogP contribution is -2.62. The van der Waals surface area contributed by atoms with E-state index in [9.17, 15) is 93.0 Å². The molecule has 454 valence electrons. The lowest BCUT2D eigenvalue weighted by atomic mass is 10.0. The first-order chi connectivity index (χ1) is 37.3. The number of nitrogens with one attached hydrogen (secondary N) is 9. The molecule has 0 aliphatic carbocycles. The van der Waals surface area contributed by atoms with Crippen molar-refractivity contribution in [2.45, 2.75) is 198 Å². The highest BCUT2D eigenvalue weighted by Crippen LogP contribution is 2.20. The minimum atomic E-state index is -1.80. The normalized spacial score (nSPS) is 17.7. The lowest BCUT2D eigenvalue weighted by molar-refractivity contribution is -0.143. The average molecular weight is 1150 g/mol. The van der Waals surface area contributed by atoms with Crippen molar-refractivity contribution in [2.24, 2.45) is 23.3 Å². The zero-order valence-electron chi connectivity index (χ0n) is 46.4. The minimum Gasteiger partial charge on any atom is -0.481 e. The highest BCUT2D eigenvalue weighted by molar-refractivity contribution is 5.99. The number of carbonyl (C=O) groups excluding carboxylic acids is 10. The Labute approximate surface area is 463 Å². The number of amides is 10. The number of nitrogens with zero attached hydrogens (tertiary/aromatic N) is 1. The number of nitrogens with two attached hydrogens (primary N) is 2. The summed E-state index contributed by atoms with van der Waals surface area (Å²) in [6.07, 6.45) is -4.51. The van der Waals surface area contributed by atoms with E-state index in [1.807, 2.05) is 0 Å². The van der Waals surface area contributed by atoms with Crippen LogP contribution in [0.3, 0.4) is 0 Å². The van der Waals surface area contributed by atoms with Gasteiger partial charge in [-0.05, 0) is 97.4 Å². The van der Waals surface area contributed by atoms with Crippen LogP contribution in [0.25, 0.3) is 0 Å². The standard InChI is InChI=1S/C49H84N12O19/c1-22(2)20-31(49(79)80)57-39(69)24(5)53-47(77)38(27(8)64)60-46(76)37(23(3)4)59-40(70)25(6)52-44(74)32(21-62)58-41(71)28(12-9-10-18-50)54-42(72)29(14-16-34(65)66)55-43(73)30(15-17-35(67)68)56-45(75)33-13-11-19-61(33)48(78)36(51)26(7)63/h22-33,36-38,62-64H,9-21,50-51H2,1-8H3,(H,52,74)(H,53,77)(H,54,72)(H,55,73)(H,56,75)(H,57,69)(H,58,71)(H,59,70)(H,60,76)(H,65,66)(H,67,68)(H,79,80)/t24-,25-,26+,27+,28-,29-,30-,31-,32-,33-,36-,37-,38-/m0/s1. The molecule has 0 unspecified atom stereocenters. The zero-order valence-corrected chi connectivity index (χ0v) is 46.4. The second-order valence-corrected chi connectivity index (χ2v) is 20.5. The van der Waals surface area contributed by atoms with Crippen LogP contribution in [0, 0.1) is 11.8 Å². The smallest absolute Gasteiger partial charge is 0.326 e. The van der Waals surface area contributed by atoms with Crippen LogP contribution >= 0.6 is 0 Å². The van der Waals surface area contributed by atoms with Crippen molar-refractivity contribution in [3.63, 3.8) is 0 Å². The Bertz CT molecular complexity index is 2180. The number of aliphatic hydroxyl groups excluding tert-OH is 3. The molecule has 31 heteroatoms. The maximum atomic E-state index is 13.9. The number of unbranched alkanes of at least 4 members (excludes halogenated alkanes) is 1. The topological polar surface area (TPSA) is 507 Å². The second-order valence-electron chi connectivity index (χ2n) is 20.5. The van der Waals surface area contributed by atoms with Crippen LogP contribution < -0.4 is 59.3 Å². The molecule has 1 aliphatic heterocycles. The van der Waals surface area contributed by atoms with Gasteiger partial charge in [0.05, 0.1) is 18.8 Å². The SMILES string of the molecule is CC(C)C[C@H](NC(=O)[C@H](C)NC(=O)[C@@H](NC(=O)[C@@H](NC(=O)[C@H](C)NC(=O)[C@H](CO)NC(=O)[C@H](CCCCN)NC(=O)[C@H](CCC(=O)O)NC(=O)[C@H](CCC(=O)O)NC(=O)[C@@H]1CCCN1C(=O)[C@@H](N)[C@@H](C)O)C(C)C)[C@@H](C)O)C(=O)O. The number of hydrogen-bond donors (Lipinski definition) is 17. The summed E-state index contributed by atoms with van der Waals surface area (Å²) < 4.78 is 0. The van der Waals surface area contributed by atoms with Crippen LogP contribution in [-0.4, -0.2) is 211 Å². The Hall–Kier alpha value is -7.09. The highest BCUT2D eigenvalue weighted by Gasteiger charge is 2.40. The van der Waals surface area contributed by atoms with Gasteiger partial charge >= 0.3 is 17.9 Å². The number of carboxylic acids is 3. The van der Waals surface area contributed by atoms with Gasteiger partial charge in [0, 0.05) is 19.4 Å². The number of rotatable bonds is 36. The van der Waals surface area contributed by atoms with Gasteiger partial charge in [-0.2, -0.15) is 0 Å². The molecule has 1 heterocycles. The Morgan fingerprint density at radius 3 is 1.41 bits per heavy atom. The van der Waals surface area contributed by atoms with Gasteiger partial charge in [-0.3, -0.25) is 57.5 Å². The van der Waals surface area contributed by atoms with Gasteiger partial charge in [0.15, 0.2) is 0 Å². The Kier molecular flexibility index (Phi) is 30.9. The van der Waals surface area contributed by atoms with Crippen molar-refractivity contribution >= 4 is 77.0 Å². The van der Waals surface area contributed by atoms with Crippen molar-refractivity contribution in [3.05, 3.63) is 0 Å². The van der Waals surface area contributed by atoms with E-state index >= 15 is 0 Å². The number of carbonyl (C=O) groups is 13. The number of aliphatic hydroxyl groups is 3. The molecule has 0 bridgehead atoms. The zero-order chi connectivity index (χ0) is 61.3. The van der Waals surface area contributed by atoms with Gasteiger partial charge in [0.1, 0.15) is 66.5 Å². The fourth-order valence-electron chi connectivity index (χ4n) is 8.01. The maximum absolute atomic E-state index is 13.9. The molecular weight excluding hydrogens is 1060 g/mol. The van der Waals surface area contributed by atoms with Crippen LogP contribution in [-0.2, 0) is 62.3 Å². The third kappa shape index (κ3) is 24.1. The van der Waals surface area contributed by atoms with E-state index in [0.717, 1.165) is 11.8 Å². The van der Waals surface area contributed by atoms with Gasteiger partial charge in [-0.15, -0.1) is 0 Å². The number of likely N-dealkylation sites (tertiary alicyclic amines) is 1. The summed E-state index contributed by atoms with van der Waals surface area (Å²) in [6, 6.07) is -16.5. The molecule has 1 fully saturated rings. The molecule has 1 saturated heterocycles. The van der Waals surface area contributed by atoms with Crippen molar-refractivity contribution in [3.8, 4) is 0 Å². The third-order valence-electron chi connectivity index (χ3n) is 12.7. The molecular formula is C49H84N12O19. The summed E-state index contributed by atoms with van der Waals surface area (Å²) in [5.74, 6) is -14.9. The van der Waals surface area contributed by atoms with Crippen molar-refractivity contribution in [1.82, 2.24) is 52.8 Å². The van der Waals surface area contributed by atoms with Gasteiger partial charge in [0.25, 0.3) is 0 Å². The van der Waals surface area contributed by atoms with Crippen LogP contribution in [0.15, 0.2) is 0 Å². The number of hydrogen-bond acceptors (Lipinski definition) is 18. The van der Waals surface area contributed by atoms with Crippen LogP contribution in [0.1, 0.15) is 120 Å². The molecule has 0 aromatic carbocycles. The Morgan fingerprint density at radius 1 is 0.525 bits per heavy atom. The van der Waals surface area contributed by atoms with Crippen LogP contribution in [0.2, 0.25) is 0 Å². The van der Waals surface area contributed by atoms with Gasteiger partial charge in [-0.25, -0.2) is 4.79 Å². The molecule has 80 heavy (non-hydrogen) atoms.